The van der Waals surface area contributed by atoms with Gasteiger partial charge in [-0.05, 0) is 31.5 Å². The van der Waals surface area contributed by atoms with Crippen LogP contribution in [0.25, 0.3) is 6.08 Å². The van der Waals surface area contributed by atoms with Gasteiger partial charge in [0.15, 0.2) is 0 Å². The maximum absolute atomic E-state index is 5.54. The number of methoxy groups -OCH3 is 1. The van der Waals surface area contributed by atoms with E-state index >= 15 is 0 Å². The molecule has 0 radical (unpaired) electrons. The molecular formula is C13H19NO2. The van der Waals surface area contributed by atoms with Gasteiger partial charge in [-0.15, -0.1) is 0 Å². The van der Waals surface area contributed by atoms with Crippen LogP contribution in [-0.2, 0) is 0 Å². The zero-order chi connectivity index (χ0) is 12.0. The first kappa shape index (κ1) is 12.6. The van der Waals surface area contributed by atoms with E-state index in [1.807, 2.05) is 38.1 Å². The lowest BCUT2D eigenvalue weighted by atomic mass is 10.1. The van der Waals surface area contributed by atoms with Crippen molar-refractivity contribution >= 4 is 6.08 Å². The van der Waals surface area contributed by atoms with Crippen LogP contribution in [-0.4, -0.2) is 20.3 Å². The van der Waals surface area contributed by atoms with E-state index in [-0.39, 0.29) is 0 Å². The minimum atomic E-state index is 0.515. The van der Waals surface area contributed by atoms with Crippen molar-refractivity contribution < 1.29 is 9.47 Å². The summed E-state index contributed by atoms with van der Waals surface area (Å²) in [4.78, 5) is 0. The van der Waals surface area contributed by atoms with Crippen LogP contribution >= 0.6 is 0 Å². The third kappa shape index (κ3) is 3.00. The molecule has 0 saturated carbocycles. The van der Waals surface area contributed by atoms with Crippen molar-refractivity contribution in [3.63, 3.8) is 0 Å². The number of hydrogen-bond acceptors (Lipinski definition) is 3. The summed E-state index contributed by atoms with van der Waals surface area (Å²) in [5.74, 6) is 1.73. The van der Waals surface area contributed by atoms with Gasteiger partial charge < -0.3 is 15.2 Å². The molecule has 3 nitrogen and oxygen atoms in total. The van der Waals surface area contributed by atoms with Crippen LogP contribution in [0, 0.1) is 6.92 Å². The summed E-state index contributed by atoms with van der Waals surface area (Å²) in [6, 6.07) is 3.95. The summed E-state index contributed by atoms with van der Waals surface area (Å²) in [7, 11) is 1.66. The predicted molar refractivity (Wildman–Crippen MR) is 67.0 cm³/mol. The third-order valence-corrected chi connectivity index (χ3v) is 2.26. The molecule has 0 fully saturated rings. The average Bonchev–Trinajstić information content (AvgIpc) is 2.29. The highest BCUT2D eigenvalue weighted by atomic mass is 16.5. The number of aryl methyl sites for hydroxylation is 1. The lowest BCUT2D eigenvalue weighted by Gasteiger charge is -2.11. The highest BCUT2D eigenvalue weighted by Gasteiger charge is 2.06. The van der Waals surface area contributed by atoms with Gasteiger partial charge in [-0.1, -0.05) is 12.2 Å². The second-order valence-electron chi connectivity index (χ2n) is 3.43. The SMILES string of the molecule is CCOc1cc(/C=C/CN)c(OC)cc1C. The lowest BCUT2D eigenvalue weighted by molar-refractivity contribution is 0.336. The second kappa shape index (κ2) is 6.18. The zero-order valence-corrected chi connectivity index (χ0v) is 10.1. The molecule has 0 aliphatic rings. The Labute approximate surface area is 96.9 Å². The standard InChI is InChI=1S/C13H19NO2/c1-4-16-12-9-11(6-5-7-14)13(15-3)8-10(12)2/h5-6,8-9H,4,7,14H2,1-3H3/b6-5+. The molecular weight excluding hydrogens is 202 g/mol. The van der Waals surface area contributed by atoms with Gasteiger partial charge in [0.1, 0.15) is 11.5 Å². The van der Waals surface area contributed by atoms with E-state index < -0.39 is 0 Å². The van der Waals surface area contributed by atoms with Crippen molar-refractivity contribution in [1.82, 2.24) is 0 Å². The van der Waals surface area contributed by atoms with Crippen molar-refractivity contribution in [2.45, 2.75) is 13.8 Å². The van der Waals surface area contributed by atoms with Crippen LogP contribution in [0.3, 0.4) is 0 Å². The van der Waals surface area contributed by atoms with E-state index in [4.69, 9.17) is 15.2 Å². The van der Waals surface area contributed by atoms with Gasteiger partial charge in [0.2, 0.25) is 0 Å². The average molecular weight is 221 g/mol. The van der Waals surface area contributed by atoms with E-state index in [2.05, 4.69) is 0 Å². The molecule has 0 heterocycles. The maximum atomic E-state index is 5.54. The molecule has 0 aliphatic carbocycles. The smallest absolute Gasteiger partial charge is 0.126 e. The van der Waals surface area contributed by atoms with Gasteiger partial charge in [-0.2, -0.15) is 0 Å². The summed E-state index contributed by atoms with van der Waals surface area (Å²) in [6.45, 7) is 5.15. The Balaban J connectivity index is 3.12. The molecule has 2 N–H and O–H groups in total. The number of ether oxygens (including phenoxy) is 2. The fourth-order valence-corrected chi connectivity index (χ4v) is 1.49. The van der Waals surface area contributed by atoms with Crippen molar-refractivity contribution in [1.29, 1.82) is 0 Å². The highest BCUT2D eigenvalue weighted by Crippen LogP contribution is 2.29. The normalized spacial score (nSPS) is 10.8. The highest BCUT2D eigenvalue weighted by molar-refractivity contribution is 5.61. The Kier molecular flexibility index (Phi) is 4.86. The van der Waals surface area contributed by atoms with Gasteiger partial charge in [0.05, 0.1) is 13.7 Å². The van der Waals surface area contributed by atoms with Gasteiger partial charge in [0.25, 0.3) is 0 Å². The molecule has 0 unspecified atom stereocenters. The summed E-state index contributed by atoms with van der Waals surface area (Å²) in [6.07, 6.45) is 3.84. The minimum absolute atomic E-state index is 0.515. The molecule has 0 aliphatic heterocycles. The molecule has 0 atom stereocenters. The first-order valence-corrected chi connectivity index (χ1v) is 5.41. The summed E-state index contributed by atoms with van der Waals surface area (Å²) >= 11 is 0. The molecule has 1 aromatic rings. The van der Waals surface area contributed by atoms with E-state index in [0.717, 1.165) is 22.6 Å². The van der Waals surface area contributed by atoms with Crippen LogP contribution in [0.1, 0.15) is 18.1 Å². The van der Waals surface area contributed by atoms with Crippen LogP contribution in [0.15, 0.2) is 18.2 Å². The van der Waals surface area contributed by atoms with Crippen LogP contribution in [0.5, 0.6) is 11.5 Å². The number of nitrogens with two attached hydrogens (primary N) is 1. The van der Waals surface area contributed by atoms with Crippen LogP contribution in [0.4, 0.5) is 0 Å². The minimum Gasteiger partial charge on any atom is -0.496 e. The fourth-order valence-electron chi connectivity index (χ4n) is 1.49. The van der Waals surface area contributed by atoms with E-state index in [9.17, 15) is 0 Å². The molecule has 1 rings (SSSR count). The van der Waals surface area contributed by atoms with E-state index in [1.165, 1.54) is 0 Å². The molecule has 0 amide bonds. The van der Waals surface area contributed by atoms with Crippen molar-refractivity contribution in [3.8, 4) is 11.5 Å². The maximum Gasteiger partial charge on any atom is 0.126 e. The van der Waals surface area contributed by atoms with Crippen molar-refractivity contribution in [3.05, 3.63) is 29.3 Å². The van der Waals surface area contributed by atoms with Crippen LogP contribution < -0.4 is 15.2 Å². The third-order valence-electron chi connectivity index (χ3n) is 2.26. The summed E-state index contributed by atoms with van der Waals surface area (Å²) in [5.41, 5.74) is 7.50. The Bertz CT molecular complexity index is 372. The molecule has 3 heteroatoms. The summed E-state index contributed by atoms with van der Waals surface area (Å²) < 4.78 is 10.8. The largest absolute Gasteiger partial charge is 0.496 e. The Morgan fingerprint density at radius 1 is 1.31 bits per heavy atom. The predicted octanol–water partition coefficient (Wildman–Crippen LogP) is 2.37. The lowest BCUT2D eigenvalue weighted by Crippen LogP contribution is -1.97. The molecule has 0 bridgehead atoms. The Morgan fingerprint density at radius 3 is 2.62 bits per heavy atom. The molecule has 0 saturated heterocycles. The molecule has 1 aromatic carbocycles. The fraction of sp³-hybridized carbons (Fsp3) is 0.385. The first-order valence-electron chi connectivity index (χ1n) is 5.41. The summed E-state index contributed by atoms with van der Waals surface area (Å²) in [5, 5.41) is 0. The zero-order valence-electron chi connectivity index (χ0n) is 10.1. The van der Waals surface area contributed by atoms with Gasteiger partial charge in [0, 0.05) is 12.1 Å². The van der Waals surface area contributed by atoms with E-state index in [1.54, 1.807) is 7.11 Å². The number of rotatable bonds is 5. The Hall–Kier alpha value is -1.48. The number of benzene rings is 1. The first-order chi connectivity index (χ1) is 7.72. The quantitative estimate of drug-likeness (QED) is 0.830. The topological polar surface area (TPSA) is 44.5 Å². The monoisotopic (exact) mass is 221 g/mol. The van der Waals surface area contributed by atoms with Crippen molar-refractivity contribution in [2.75, 3.05) is 20.3 Å². The van der Waals surface area contributed by atoms with Gasteiger partial charge >= 0.3 is 0 Å². The van der Waals surface area contributed by atoms with Gasteiger partial charge in [-0.3, -0.25) is 0 Å². The van der Waals surface area contributed by atoms with Crippen LogP contribution in [0.2, 0.25) is 0 Å². The molecule has 16 heavy (non-hydrogen) atoms. The number of hydrogen-bond donors (Lipinski definition) is 1. The second-order valence-corrected chi connectivity index (χ2v) is 3.43. The molecule has 88 valence electrons. The van der Waals surface area contributed by atoms with Gasteiger partial charge in [-0.25, -0.2) is 0 Å². The molecule has 0 spiro atoms. The van der Waals surface area contributed by atoms with Crippen molar-refractivity contribution in [2.24, 2.45) is 5.73 Å². The Morgan fingerprint density at radius 2 is 2.06 bits per heavy atom. The molecule has 0 aromatic heterocycles. The van der Waals surface area contributed by atoms with E-state index in [0.29, 0.717) is 13.2 Å².